The Hall–Kier alpha value is -3.03. The van der Waals surface area contributed by atoms with E-state index in [4.69, 9.17) is 11.5 Å². The molecule has 2 fully saturated rings. The minimum atomic E-state index is -1.36. The number of piperazine rings is 1. The van der Waals surface area contributed by atoms with Crippen LogP contribution in [0.1, 0.15) is 32.3 Å². The topological polar surface area (TPSA) is 163 Å². The molecule has 0 aliphatic carbocycles. The highest BCUT2D eigenvalue weighted by atomic mass is 35.5. The molecule has 214 valence electrons. The monoisotopic (exact) mass is 562 g/mol. The molecule has 12 nitrogen and oxygen atoms in total. The zero-order valence-electron chi connectivity index (χ0n) is 22.5. The first-order valence-corrected chi connectivity index (χ1v) is 13.0. The number of aliphatic hydroxyl groups is 1. The van der Waals surface area contributed by atoms with Gasteiger partial charge in [-0.1, -0.05) is 12.1 Å². The summed E-state index contributed by atoms with van der Waals surface area (Å²) < 4.78 is 1.43. The zero-order valence-corrected chi connectivity index (χ0v) is 23.3. The summed E-state index contributed by atoms with van der Waals surface area (Å²) in [6.45, 7) is 6.53. The number of halogens is 1. The van der Waals surface area contributed by atoms with E-state index >= 15 is 0 Å². The molecule has 2 atom stereocenters. The summed E-state index contributed by atoms with van der Waals surface area (Å²) in [5.74, 6) is -0.210. The number of anilines is 1. The molecule has 2 saturated heterocycles. The number of nitrogens with zero attached hydrogens (tertiary/aromatic N) is 5. The van der Waals surface area contributed by atoms with Gasteiger partial charge in [0.25, 0.3) is 0 Å². The quantitative estimate of drug-likeness (QED) is 0.392. The van der Waals surface area contributed by atoms with Gasteiger partial charge < -0.3 is 26.4 Å². The summed E-state index contributed by atoms with van der Waals surface area (Å²) in [6.07, 6.45) is 3.60. The minimum absolute atomic E-state index is 0. The van der Waals surface area contributed by atoms with Crippen molar-refractivity contribution in [2.75, 3.05) is 44.6 Å². The van der Waals surface area contributed by atoms with Crippen LogP contribution in [0.25, 0.3) is 5.69 Å². The van der Waals surface area contributed by atoms with Crippen molar-refractivity contribution in [1.82, 2.24) is 24.3 Å². The van der Waals surface area contributed by atoms with Gasteiger partial charge in [-0.25, -0.2) is 9.59 Å². The van der Waals surface area contributed by atoms with Crippen molar-refractivity contribution in [3.8, 4) is 5.69 Å². The average molecular weight is 563 g/mol. The third-order valence-corrected chi connectivity index (χ3v) is 7.28. The van der Waals surface area contributed by atoms with Crippen LogP contribution >= 0.6 is 12.4 Å². The molecule has 2 aliphatic rings. The summed E-state index contributed by atoms with van der Waals surface area (Å²) in [4.78, 5) is 47.7. The summed E-state index contributed by atoms with van der Waals surface area (Å²) in [6, 6.07) is 8.96. The summed E-state index contributed by atoms with van der Waals surface area (Å²) in [5, 5.41) is 12.1. The largest absolute Gasteiger partial charge is 0.394 e. The predicted molar refractivity (Wildman–Crippen MR) is 151 cm³/mol. The number of urea groups is 1. The number of carbonyl (C=O) groups excluding carboxylic acids is 2. The highest BCUT2D eigenvalue weighted by molar-refractivity contribution is 5.89. The van der Waals surface area contributed by atoms with E-state index in [0.29, 0.717) is 18.3 Å². The molecule has 0 saturated carbocycles. The van der Waals surface area contributed by atoms with Crippen LogP contribution in [-0.4, -0.2) is 98.2 Å². The number of aliphatic hydroxyl groups excluding tert-OH is 1. The van der Waals surface area contributed by atoms with E-state index < -0.39 is 23.9 Å². The van der Waals surface area contributed by atoms with Crippen LogP contribution in [0.2, 0.25) is 0 Å². The van der Waals surface area contributed by atoms with Crippen molar-refractivity contribution in [3.05, 3.63) is 52.6 Å². The highest BCUT2D eigenvalue weighted by Crippen LogP contribution is 2.17. The van der Waals surface area contributed by atoms with Crippen LogP contribution in [0.4, 0.5) is 10.6 Å². The number of benzene rings is 1. The van der Waals surface area contributed by atoms with Crippen LogP contribution in [0.3, 0.4) is 0 Å². The summed E-state index contributed by atoms with van der Waals surface area (Å²) >= 11 is 0. The molecule has 2 aromatic rings. The number of nitrogens with two attached hydrogens (primary N) is 2. The molecule has 1 unspecified atom stereocenters. The normalized spacial score (nSPS) is 20.2. The number of carbonyl (C=O) groups is 2. The van der Waals surface area contributed by atoms with Crippen LogP contribution in [0, 0.1) is 0 Å². The van der Waals surface area contributed by atoms with Crippen LogP contribution in [0.5, 0.6) is 0 Å². The lowest BCUT2D eigenvalue weighted by atomic mass is 10.0. The van der Waals surface area contributed by atoms with E-state index in [1.165, 1.54) is 11.5 Å². The Kier molecular flexibility index (Phi) is 10.1. The Morgan fingerprint density at radius 1 is 1.13 bits per heavy atom. The number of hydrogen-bond donors (Lipinski definition) is 4. The maximum Gasteiger partial charge on any atom is 0.354 e. The average Bonchev–Trinajstić information content (AvgIpc) is 2.90. The first-order chi connectivity index (χ1) is 18.1. The number of rotatable bonds is 6. The van der Waals surface area contributed by atoms with E-state index in [0.717, 1.165) is 38.0 Å². The molecular weight excluding hydrogens is 524 g/mol. The molecule has 13 heteroatoms. The predicted octanol–water partition coefficient (Wildman–Crippen LogP) is 0.352. The van der Waals surface area contributed by atoms with E-state index in [9.17, 15) is 19.5 Å². The molecule has 1 aromatic carbocycles. The molecule has 3 heterocycles. The molecule has 1 aromatic heterocycles. The van der Waals surface area contributed by atoms with Crippen molar-refractivity contribution in [2.24, 2.45) is 11.5 Å². The first kappa shape index (κ1) is 30.5. The zero-order chi connectivity index (χ0) is 27.4. The van der Waals surface area contributed by atoms with Gasteiger partial charge in [-0.3, -0.25) is 19.6 Å². The van der Waals surface area contributed by atoms with Crippen LogP contribution in [-0.2, 0) is 11.3 Å². The van der Waals surface area contributed by atoms with Gasteiger partial charge in [-0.2, -0.15) is 4.98 Å². The maximum absolute atomic E-state index is 12.9. The molecule has 3 amide bonds. The highest BCUT2D eigenvalue weighted by Gasteiger charge is 2.37. The van der Waals surface area contributed by atoms with Gasteiger partial charge in [0.15, 0.2) is 0 Å². The number of aromatic nitrogens is 2. The fourth-order valence-electron chi connectivity index (χ4n) is 4.85. The first-order valence-electron chi connectivity index (χ1n) is 13.0. The smallest absolute Gasteiger partial charge is 0.354 e. The number of amides is 3. The number of piperidine rings is 1. The third-order valence-electron chi connectivity index (χ3n) is 7.28. The lowest BCUT2D eigenvalue weighted by molar-refractivity contribution is -0.140. The van der Waals surface area contributed by atoms with Crippen molar-refractivity contribution < 1.29 is 14.7 Å². The molecule has 39 heavy (non-hydrogen) atoms. The second-order valence-electron chi connectivity index (χ2n) is 10.5. The fourth-order valence-corrected chi connectivity index (χ4v) is 4.85. The Morgan fingerprint density at radius 2 is 1.79 bits per heavy atom. The van der Waals surface area contributed by atoms with E-state index in [-0.39, 0.29) is 43.3 Å². The van der Waals surface area contributed by atoms with E-state index in [1.807, 2.05) is 31.2 Å². The van der Waals surface area contributed by atoms with Gasteiger partial charge >= 0.3 is 11.7 Å². The maximum atomic E-state index is 12.9. The molecule has 4 rings (SSSR count). The number of hydrogen-bond acceptors (Lipinski definition) is 8. The van der Waals surface area contributed by atoms with Crippen molar-refractivity contribution >= 4 is 30.2 Å². The summed E-state index contributed by atoms with van der Waals surface area (Å²) in [7, 11) is 0. The van der Waals surface area contributed by atoms with Crippen LogP contribution in [0.15, 0.2) is 41.3 Å². The second kappa shape index (κ2) is 12.9. The van der Waals surface area contributed by atoms with Gasteiger partial charge in [0.1, 0.15) is 11.4 Å². The molecule has 6 N–H and O–H groups in total. The Morgan fingerprint density at radius 3 is 2.38 bits per heavy atom. The van der Waals surface area contributed by atoms with Crippen LogP contribution < -0.4 is 22.5 Å². The SMILES string of the molecule is C[C@@H]1CN(C(=O)C(C)(N)CO)CCN1C(=O)Nc1ccn(-c2ccc(CN3CCC(N)CC3)cc2)c(=O)n1.Cl. The van der Waals surface area contributed by atoms with Crippen molar-refractivity contribution in [3.63, 3.8) is 0 Å². The number of likely N-dealkylation sites (tertiary alicyclic amines) is 1. The molecule has 0 spiro atoms. The summed E-state index contributed by atoms with van der Waals surface area (Å²) in [5.41, 5.74) is 11.8. The minimum Gasteiger partial charge on any atom is -0.394 e. The van der Waals surface area contributed by atoms with Gasteiger partial charge in [-0.05, 0) is 63.5 Å². The van der Waals surface area contributed by atoms with Crippen molar-refractivity contribution in [1.29, 1.82) is 0 Å². The Bertz CT molecular complexity index is 1200. The molecule has 0 bridgehead atoms. The van der Waals surface area contributed by atoms with E-state index in [2.05, 4.69) is 15.2 Å². The van der Waals surface area contributed by atoms with Gasteiger partial charge in [-0.15, -0.1) is 12.4 Å². The van der Waals surface area contributed by atoms with Gasteiger partial charge in [0.05, 0.1) is 12.3 Å². The van der Waals surface area contributed by atoms with E-state index in [1.54, 1.807) is 22.1 Å². The molecular formula is C26H39ClN8O4. The Balaban J connectivity index is 0.00000420. The molecule has 0 radical (unpaired) electrons. The van der Waals surface area contributed by atoms with Gasteiger partial charge in [0.2, 0.25) is 5.91 Å². The second-order valence-corrected chi connectivity index (χ2v) is 10.5. The molecule has 2 aliphatic heterocycles. The van der Waals surface area contributed by atoms with Crippen molar-refractivity contribution in [2.45, 2.75) is 50.9 Å². The number of nitrogens with one attached hydrogen (secondary N) is 1. The van der Waals surface area contributed by atoms with Gasteiger partial charge in [0, 0.05) is 44.5 Å². The Labute approximate surface area is 234 Å². The third kappa shape index (κ3) is 7.34. The lowest BCUT2D eigenvalue weighted by Gasteiger charge is -2.41. The fraction of sp³-hybridized carbons (Fsp3) is 0.538. The lowest BCUT2D eigenvalue weighted by Crippen LogP contribution is -2.62. The standard InChI is InChI=1S/C26H38N8O4.ClH/c1-18-15-32(23(36)26(2,28)17-35)13-14-33(18)24(37)29-22-9-12-34(25(38)30-22)21-5-3-19(4-6-21)16-31-10-7-20(27)8-11-31;/h3-6,9,12,18,20,35H,7-8,10-11,13-17,27-28H2,1-2H3,(H,29,30,37,38);1H/t18-,26?;/m1./s1.